The van der Waals surface area contributed by atoms with E-state index in [1.54, 1.807) is 0 Å². The number of nitriles is 1. The Kier molecular flexibility index (Phi) is 1.86. The van der Waals surface area contributed by atoms with Gasteiger partial charge in [-0.1, -0.05) is 0 Å². The minimum absolute atomic E-state index is 0.168. The molecule has 0 aromatic carbocycles. The van der Waals surface area contributed by atoms with E-state index in [1.165, 1.54) is 0 Å². The van der Waals surface area contributed by atoms with Crippen LogP contribution >= 0.6 is 0 Å². The standard InChI is InChI=1S/C10H13NO4/c1-10(2)14-7-5(3-11)6-4-12-9(13-6)8(7)15-10/h5-9H,4H2,1-2H3/t5-,6+,7-,8-,9+/m0/s1. The molecular formula is C10H13NO4. The predicted octanol–water partition coefficient (Wildman–Crippen LogP) is 0.401. The van der Waals surface area contributed by atoms with Crippen LogP contribution in [0.3, 0.4) is 0 Å². The van der Waals surface area contributed by atoms with Gasteiger partial charge in [0.15, 0.2) is 12.1 Å². The SMILES string of the molecule is CC1(C)O[C@@H]2[C@@H]3OC[C@@H](O3)[C@H](C#N)[C@@H]2O1. The van der Waals surface area contributed by atoms with Gasteiger partial charge in [0.1, 0.15) is 24.2 Å². The molecule has 0 unspecified atom stereocenters. The van der Waals surface area contributed by atoms with Crippen molar-refractivity contribution in [3.8, 4) is 6.07 Å². The van der Waals surface area contributed by atoms with Crippen LogP contribution in [0.1, 0.15) is 13.8 Å². The normalized spacial score (nSPS) is 51.1. The van der Waals surface area contributed by atoms with E-state index in [9.17, 15) is 0 Å². The lowest BCUT2D eigenvalue weighted by Crippen LogP contribution is -2.48. The summed E-state index contributed by atoms with van der Waals surface area (Å²) >= 11 is 0. The molecule has 5 heteroatoms. The van der Waals surface area contributed by atoms with Crippen LogP contribution < -0.4 is 0 Å². The van der Waals surface area contributed by atoms with Crippen molar-refractivity contribution in [3.63, 3.8) is 0 Å². The summed E-state index contributed by atoms with van der Waals surface area (Å²) in [4.78, 5) is 0. The van der Waals surface area contributed by atoms with Crippen LogP contribution in [0.5, 0.6) is 0 Å². The second kappa shape index (κ2) is 2.92. The largest absolute Gasteiger partial charge is 0.347 e. The summed E-state index contributed by atoms with van der Waals surface area (Å²) in [5, 5.41) is 9.11. The quantitative estimate of drug-likeness (QED) is 0.580. The third-order valence-corrected chi connectivity index (χ3v) is 3.07. The molecule has 3 aliphatic heterocycles. The fourth-order valence-corrected chi connectivity index (χ4v) is 2.47. The average molecular weight is 211 g/mol. The van der Waals surface area contributed by atoms with E-state index in [1.807, 2.05) is 13.8 Å². The van der Waals surface area contributed by atoms with Gasteiger partial charge < -0.3 is 18.9 Å². The van der Waals surface area contributed by atoms with Crippen molar-refractivity contribution < 1.29 is 18.9 Å². The maximum atomic E-state index is 9.11. The van der Waals surface area contributed by atoms with E-state index < -0.39 is 5.79 Å². The van der Waals surface area contributed by atoms with Gasteiger partial charge in [0, 0.05) is 0 Å². The molecule has 0 saturated carbocycles. The number of hydrogen-bond donors (Lipinski definition) is 0. The van der Waals surface area contributed by atoms with Crippen molar-refractivity contribution in [3.05, 3.63) is 0 Å². The lowest BCUT2D eigenvalue weighted by atomic mass is 9.92. The van der Waals surface area contributed by atoms with Gasteiger partial charge in [-0.15, -0.1) is 0 Å². The van der Waals surface area contributed by atoms with Crippen LogP contribution in [0.4, 0.5) is 0 Å². The maximum Gasteiger partial charge on any atom is 0.187 e. The van der Waals surface area contributed by atoms with Gasteiger partial charge in [-0.3, -0.25) is 0 Å². The summed E-state index contributed by atoms with van der Waals surface area (Å²) < 4.78 is 22.4. The van der Waals surface area contributed by atoms with Crippen LogP contribution in [0.2, 0.25) is 0 Å². The van der Waals surface area contributed by atoms with E-state index in [-0.39, 0.29) is 30.5 Å². The molecule has 3 fully saturated rings. The third-order valence-electron chi connectivity index (χ3n) is 3.07. The molecule has 0 radical (unpaired) electrons. The summed E-state index contributed by atoms with van der Waals surface area (Å²) in [5.74, 6) is -0.947. The summed E-state index contributed by atoms with van der Waals surface area (Å²) in [6.07, 6.45) is -1.04. The highest BCUT2D eigenvalue weighted by molar-refractivity contribution is 5.06. The highest BCUT2D eigenvalue weighted by Crippen LogP contribution is 2.43. The first kappa shape index (κ1) is 9.55. The van der Waals surface area contributed by atoms with Crippen LogP contribution in [0.25, 0.3) is 0 Å². The Labute approximate surface area is 87.9 Å². The second-order valence-electron chi connectivity index (χ2n) is 4.60. The summed E-state index contributed by atoms with van der Waals surface area (Å²) in [7, 11) is 0. The van der Waals surface area contributed by atoms with Crippen molar-refractivity contribution in [1.82, 2.24) is 0 Å². The molecule has 15 heavy (non-hydrogen) atoms. The van der Waals surface area contributed by atoms with Crippen molar-refractivity contribution in [2.24, 2.45) is 5.92 Å². The van der Waals surface area contributed by atoms with Crippen molar-refractivity contribution >= 4 is 0 Å². The van der Waals surface area contributed by atoms with E-state index in [0.29, 0.717) is 6.61 Å². The Morgan fingerprint density at radius 3 is 2.73 bits per heavy atom. The Morgan fingerprint density at radius 1 is 1.27 bits per heavy atom. The Morgan fingerprint density at radius 2 is 2.00 bits per heavy atom. The van der Waals surface area contributed by atoms with Crippen LogP contribution in [-0.4, -0.2) is 37.0 Å². The van der Waals surface area contributed by atoms with Crippen molar-refractivity contribution in [2.75, 3.05) is 6.61 Å². The van der Waals surface area contributed by atoms with Gasteiger partial charge in [0.05, 0.1) is 12.7 Å². The molecule has 82 valence electrons. The van der Waals surface area contributed by atoms with E-state index in [4.69, 9.17) is 24.2 Å². The fraction of sp³-hybridized carbons (Fsp3) is 0.900. The zero-order valence-electron chi connectivity index (χ0n) is 8.67. The smallest absolute Gasteiger partial charge is 0.187 e. The molecule has 2 bridgehead atoms. The highest BCUT2D eigenvalue weighted by atomic mass is 16.8. The average Bonchev–Trinajstić information content (AvgIpc) is 2.70. The minimum atomic E-state index is -0.651. The monoisotopic (exact) mass is 211 g/mol. The number of ether oxygens (including phenoxy) is 4. The first-order valence-corrected chi connectivity index (χ1v) is 5.13. The molecule has 0 amide bonds. The Hall–Kier alpha value is -0.670. The zero-order valence-corrected chi connectivity index (χ0v) is 8.67. The van der Waals surface area contributed by atoms with Gasteiger partial charge in [0.2, 0.25) is 0 Å². The van der Waals surface area contributed by atoms with Gasteiger partial charge >= 0.3 is 0 Å². The molecule has 0 aliphatic carbocycles. The molecule has 3 aliphatic rings. The number of nitrogens with zero attached hydrogens (tertiary/aromatic N) is 1. The molecule has 3 heterocycles. The third kappa shape index (κ3) is 1.30. The van der Waals surface area contributed by atoms with E-state index >= 15 is 0 Å². The van der Waals surface area contributed by atoms with Crippen LogP contribution in [-0.2, 0) is 18.9 Å². The molecule has 0 aromatic heterocycles. The van der Waals surface area contributed by atoms with Gasteiger partial charge in [0.25, 0.3) is 0 Å². The Bertz CT molecular complexity index is 324. The topological polar surface area (TPSA) is 60.7 Å². The summed E-state index contributed by atoms with van der Waals surface area (Å²) in [5.41, 5.74) is 0. The van der Waals surface area contributed by atoms with Gasteiger partial charge in [-0.25, -0.2) is 0 Å². The van der Waals surface area contributed by atoms with Crippen molar-refractivity contribution in [2.45, 2.75) is 44.2 Å². The second-order valence-corrected chi connectivity index (χ2v) is 4.60. The first-order valence-electron chi connectivity index (χ1n) is 5.13. The molecule has 5 nitrogen and oxygen atoms in total. The first-order chi connectivity index (χ1) is 7.11. The fourth-order valence-electron chi connectivity index (χ4n) is 2.47. The molecule has 0 N–H and O–H groups in total. The zero-order chi connectivity index (χ0) is 10.6. The van der Waals surface area contributed by atoms with E-state index in [0.717, 1.165) is 0 Å². The van der Waals surface area contributed by atoms with Gasteiger partial charge in [-0.2, -0.15) is 5.26 Å². The molecule has 3 rings (SSSR count). The van der Waals surface area contributed by atoms with Crippen molar-refractivity contribution in [1.29, 1.82) is 5.26 Å². The lowest BCUT2D eigenvalue weighted by molar-refractivity contribution is -0.188. The predicted molar refractivity (Wildman–Crippen MR) is 47.5 cm³/mol. The van der Waals surface area contributed by atoms with Gasteiger partial charge in [-0.05, 0) is 13.8 Å². The maximum absolute atomic E-state index is 9.11. The molecule has 3 saturated heterocycles. The number of hydrogen-bond acceptors (Lipinski definition) is 5. The number of rotatable bonds is 0. The molecule has 0 spiro atoms. The summed E-state index contributed by atoms with van der Waals surface area (Å²) in [6.45, 7) is 4.14. The Balaban J connectivity index is 1.92. The molecule has 0 aromatic rings. The van der Waals surface area contributed by atoms with Crippen LogP contribution in [0, 0.1) is 17.2 Å². The lowest BCUT2D eigenvalue weighted by Gasteiger charge is -2.30. The highest BCUT2D eigenvalue weighted by Gasteiger charge is 2.58. The summed E-state index contributed by atoms with van der Waals surface area (Å²) in [6, 6.07) is 2.23. The molecule has 5 atom stereocenters. The van der Waals surface area contributed by atoms with E-state index in [2.05, 4.69) is 6.07 Å². The number of fused-ring (bicyclic) bond motifs is 4. The minimum Gasteiger partial charge on any atom is -0.347 e. The van der Waals surface area contributed by atoms with Crippen LogP contribution in [0.15, 0.2) is 0 Å². The molecular weight excluding hydrogens is 198 g/mol.